The third-order valence-corrected chi connectivity index (χ3v) is 2.86. The Morgan fingerprint density at radius 1 is 1.15 bits per heavy atom. The van der Waals surface area contributed by atoms with Crippen molar-refractivity contribution < 1.29 is 18.0 Å². The van der Waals surface area contributed by atoms with Gasteiger partial charge in [-0.3, -0.25) is 9.78 Å². The van der Waals surface area contributed by atoms with E-state index in [-0.39, 0.29) is 0 Å². The fraction of sp³-hybridized carbons (Fsp3) is 0.143. The van der Waals surface area contributed by atoms with Crippen LogP contribution in [0, 0.1) is 0 Å². The Balaban J connectivity index is 2.22. The van der Waals surface area contributed by atoms with E-state index in [9.17, 15) is 18.0 Å². The molecule has 0 bridgehead atoms. The molecule has 0 saturated carbocycles. The summed E-state index contributed by atoms with van der Waals surface area (Å²) in [5, 5.41) is 0.407. The third-order valence-electron chi connectivity index (χ3n) is 2.64. The number of nitrogens with zero attached hydrogens (tertiary/aromatic N) is 1. The standard InChI is InChI=1S/C14H9ClF3NO/c15-12-5-10(4-11(6-12)8-20)3-9-1-2-13(19-7-9)14(16,17)18/h1-2,4-8H,3H2. The number of halogens is 4. The van der Waals surface area contributed by atoms with Crippen molar-refractivity contribution in [1.82, 2.24) is 4.98 Å². The van der Waals surface area contributed by atoms with Gasteiger partial charge in [-0.25, -0.2) is 0 Å². The molecular weight excluding hydrogens is 291 g/mol. The number of aromatic nitrogens is 1. The minimum atomic E-state index is -4.45. The number of rotatable bonds is 3. The van der Waals surface area contributed by atoms with Crippen LogP contribution in [0.4, 0.5) is 13.2 Å². The minimum Gasteiger partial charge on any atom is -0.298 e. The highest BCUT2D eigenvalue weighted by molar-refractivity contribution is 6.30. The fourth-order valence-electron chi connectivity index (χ4n) is 1.78. The summed E-state index contributed by atoms with van der Waals surface area (Å²) < 4.78 is 37.1. The Labute approximate surface area is 118 Å². The van der Waals surface area contributed by atoms with Gasteiger partial charge >= 0.3 is 6.18 Å². The Morgan fingerprint density at radius 2 is 1.90 bits per heavy atom. The largest absolute Gasteiger partial charge is 0.433 e. The maximum atomic E-state index is 12.4. The summed E-state index contributed by atoms with van der Waals surface area (Å²) in [6.45, 7) is 0. The van der Waals surface area contributed by atoms with Gasteiger partial charge < -0.3 is 0 Å². The molecule has 0 unspecified atom stereocenters. The number of aldehydes is 1. The molecule has 0 aliphatic rings. The van der Waals surface area contributed by atoms with Crippen LogP contribution in [0.3, 0.4) is 0 Å². The van der Waals surface area contributed by atoms with Gasteiger partial charge in [0.2, 0.25) is 0 Å². The monoisotopic (exact) mass is 299 g/mol. The Bertz CT molecular complexity index is 623. The molecular formula is C14H9ClF3NO. The molecule has 2 nitrogen and oxygen atoms in total. The van der Waals surface area contributed by atoms with E-state index in [1.807, 2.05) is 0 Å². The van der Waals surface area contributed by atoms with Crippen LogP contribution in [0.2, 0.25) is 5.02 Å². The summed E-state index contributed by atoms with van der Waals surface area (Å²) in [7, 11) is 0. The molecule has 1 aromatic heterocycles. The minimum absolute atomic E-state index is 0.354. The SMILES string of the molecule is O=Cc1cc(Cl)cc(Cc2ccc(C(F)(F)F)nc2)c1. The van der Waals surface area contributed by atoms with E-state index < -0.39 is 11.9 Å². The van der Waals surface area contributed by atoms with Gasteiger partial charge in [-0.05, 0) is 41.8 Å². The molecule has 6 heteroatoms. The molecule has 1 aromatic carbocycles. The van der Waals surface area contributed by atoms with E-state index in [4.69, 9.17) is 11.6 Å². The molecule has 1 heterocycles. The predicted octanol–water partition coefficient (Wildman–Crippen LogP) is 4.16. The zero-order valence-corrected chi connectivity index (χ0v) is 10.9. The Morgan fingerprint density at radius 3 is 2.45 bits per heavy atom. The molecule has 0 radical (unpaired) electrons. The summed E-state index contributed by atoms with van der Waals surface area (Å²) in [4.78, 5) is 14.1. The highest BCUT2D eigenvalue weighted by atomic mass is 35.5. The number of hydrogen-bond donors (Lipinski definition) is 0. The molecule has 0 saturated heterocycles. The molecule has 0 aliphatic heterocycles. The van der Waals surface area contributed by atoms with Crippen LogP contribution in [0.5, 0.6) is 0 Å². The van der Waals surface area contributed by atoms with E-state index >= 15 is 0 Å². The van der Waals surface area contributed by atoms with Crippen LogP contribution in [0.1, 0.15) is 27.2 Å². The molecule has 0 N–H and O–H groups in total. The van der Waals surface area contributed by atoms with Gasteiger partial charge in [0, 0.05) is 16.8 Å². The number of carbonyl (C=O) groups excluding carboxylic acids is 1. The van der Waals surface area contributed by atoms with E-state index in [1.165, 1.54) is 18.3 Å². The van der Waals surface area contributed by atoms with E-state index in [0.717, 1.165) is 11.6 Å². The second-order valence-electron chi connectivity index (χ2n) is 4.24. The Kier molecular flexibility index (Phi) is 4.09. The van der Waals surface area contributed by atoms with Crippen LogP contribution >= 0.6 is 11.6 Å². The lowest BCUT2D eigenvalue weighted by Gasteiger charge is -2.07. The van der Waals surface area contributed by atoms with Crippen LogP contribution in [0.25, 0.3) is 0 Å². The van der Waals surface area contributed by atoms with Crippen molar-refractivity contribution in [3.05, 3.63) is 63.9 Å². The first kappa shape index (κ1) is 14.5. The molecule has 104 valence electrons. The van der Waals surface area contributed by atoms with E-state index in [1.54, 1.807) is 12.1 Å². The van der Waals surface area contributed by atoms with E-state index in [0.29, 0.717) is 28.9 Å². The zero-order chi connectivity index (χ0) is 14.8. The van der Waals surface area contributed by atoms with Crippen molar-refractivity contribution in [1.29, 1.82) is 0 Å². The van der Waals surface area contributed by atoms with Gasteiger partial charge in [-0.15, -0.1) is 0 Å². The Hall–Kier alpha value is -1.88. The number of pyridine rings is 1. The molecule has 2 aromatic rings. The average Bonchev–Trinajstić information content (AvgIpc) is 2.37. The summed E-state index contributed by atoms with van der Waals surface area (Å²) in [6, 6.07) is 7.10. The molecule has 0 atom stereocenters. The van der Waals surface area contributed by atoms with Gasteiger partial charge in [0.15, 0.2) is 0 Å². The average molecular weight is 300 g/mol. The van der Waals surface area contributed by atoms with Crippen molar-refractivity contribution >= 4 is 17.9 Å². The summed E-state index contributed by atoms with van der Waals surface area (Å²) in [6.07, 6.45) is -2.25. The molecule has 0 spiro atoms. The predicted molar refractivity (Wildman–Crippen MR) is 68.9 cm³/mol. The molecule has 20 heavy (non-hydrogen) atoms. The van der Waals surface area contributed by atoms with Crippen LogP contribution in [-0.2, 0) is 12.6 Å². The van der Waals surface area contributed by atoms with Crippen molar-refractivity contribution in [2.45, 2.75) is 12.6 Å². The first-order chi connectivity index (χ1) is 9.38. The second kappa shape index (κ2) is 5.63. The first-order valence-electron chi connectivity index (χ1n) is 5.65. The summed E-state index contributed by atoms with van der Waals surface area (Å²) in [5.74, 6) is 0. The quantitative estimate of drug-likeness (QED) is 0.797. The first-order valence-corrected chi connectivity index (χ1v) is 6.03. The number of carbonyl (C=O) groups is 1. The lowest BCUT2D eigenvalue weighted by molar-refractivity contribution is -0.141. The zero-order valence-electron chi connectivity index (χ0n) is 10.1. The molecule has 0 aliphatic carbocycles. The maximum absolute atomic E-state index is 12.4. The number of alkyl halides is 3. The van der Waals surface area contributed by atoms with E-state index in [2.05, 4.69) is 4.98 Å². The van der Waals surface area contributed by atoms with Crippen molar-refractivity contribution in [2.24, 2.45) is 0 Å². The van der Waals surface area contributed by atoms with Crippen LogP contribution in [0.15, 0.2) is 36.5 Å². The normalized spacial score (nSPS) is 11.4. The summed E-state index contributed by atoms with van der Waals surface area (Å²) in [5.41, 5.74) is 0.839. The lowest BCUT2D eigenvalue weighted by Crippen LogP contribution is -2.07. The van der Waals surface area contributed by atoms with Crippen LogP contribution < -0.4 is 0 Å². The van der Waals surface area contributed by atoms with Gasteiger partial charge in [-0.2, -0.15) is 13.2 Å². The summed E-state index contributed by atoms with van der Waals surface area (Å²) >= 11 is 5.86. The van der Waals surface area contributed by atoms with Crippen molar-refractivity contribution in [3.63, 3.8) is 0 Å². The van der Waals surface area contributed by atoms with Crippen molar-refractivity contribution in [2.75, 3.05) is 0 Å². The topological polar surface area (TPSA) is 30.0 Å². The number of benzene rings is 1. The lowest BCUT2D eigenvalue weighted by atomic mass is 10.0. The van der Waals surface area contributed by atoms with Crippen molar-refractivity contribution in [3.8, 4) is 0 Å². The number of hydrogen-bond acceptors (Lipinski definition) is 2. The second-order valence-corrected chi connectivity index (χ2v) is 4.67. The van der Waals surface area contributed by atoms with Crippen LogP contribution in [-0.4, -0.2) is 11.3 Å². The van der Waals surface area contributed by atoms with Gasteiger partial charge in [0.25, 0.3) is 0 Å². The molecule has 0 amide bonds. The highest BCUT2D eigenvalue weighted by Crippen LogP contribution is 2.27. The molecule has 0 fully saturated rings. The third kappa shape index (κ3) is 3.57. The fourth-order valence-corrected chi connectivity index (χ4v) is 2.04. The molecule has 2 rings (SSSR count). The van der Waals surface area contributed by atoms with Gasteiger partial charge in [0.05, 0.1) is 0 Å². The van der Waals surface area contributed by atoms with Gasteiger partial charge in [-0.1, -0.05) is 17.7 Å². The van der Waals surface area contributed by atoms with Gasteiger partial charge in [0.1, 0.15) is 12.0 Å². The highest BCUT2D eigenvalue weighted by Gasteiger charge is 2.31. The maximum Gasteiger partial charge on any atom is 0.433 e. The smallest absolute Gasteiger partial charge is 0.298 e.